The normalized spacial score (nSPS) is 18.1. The average Bonchev–Trinajstić information content (AvgIpc) is 3.30. The summed E-state index contributed by atoms with van der Waals surface area (Å²) >= 11 is 0. The molecule has 1 aromatic heterocycles. The molecule has 8 nitrogen and oxygen atoms in total. The number of nitrogens with one attached hydrogen (secondary N) is 1. The van der Waals surface area contributed by atoms with Crippen molar-refractivity contribution in [2.75, 3.05) is 18.5 Å². The average molecular weight is 478 g/mol. The fraction of sp³-hybridized carbons (Fsp3) is 0.731. The van der Waals surface area contributed by atoms with Crippen LogP contribution in [0.15, 0.2) is 29.2 Å². The van der Waals surface area contributed by atoms with E-state index in [0.717, 1.165) is 25.7 Å². The Bertz CT molecular complexity index is 780. The first-order valence-electron chi connectivity index (χ1n) is 13.1. The number of anilines is 1. The quantitative estimate of drug-likeness (QED) is 0.226. The Hall–Kier alpha value is -2.03. The number of carbonyl (C=O) groups excluding carboxylic acids is 1. The molecule has 1 aromatic rings. The van der Waals surface area contributed by atoms with Crippen molar-refractivity contribution < 1.29 is 19.4 Å². The molecule has 2 heterocycles. The van der Waals surface area contributed by atoms with Gasteiger partial charge in [-0.05, 0) is 38.2 Å². The summed E-state index contributed by atoms with van der Waals surface area (Å²) in [6, 6.07) is 1.56. The SMILES string of the molecule is CCCCCCCCC=CCCCCCCCC(=O)Nc1ccn(C2COC(CO)O2)c(=O)n1. The number of rotatable bonds is 18. The fourth-order valence-corrected chi connectivity index (χ4v) is 3.95. The lowest BCUT2D eigenvalue weighted by atomic mass is 10.1. The Labute approximate surface area is 203 Å². The number of unbranched alkanes of at least 4 members (excludes halogenated alkanes) is 11. The summed E-state index contributed by atoms with van der Waals surface area (Å²) in [4.78, 5) is 28.2. The molecule has 34 heavy (non-hydrogen) atoms. The third-order valence-corrected chi connectivity index (χ3v) is 5.96. The van der Waals surface area contributed by atoms with E-state index in [9.17, 15) is 9.59 Å². The van der Waals surface area contributed by atoms with Gasteiger partial charge in [-0.25, -0.2) is 4.79 Å². The van der Waals surface area contributed by atoms with Gasteiger partial charge in [-0.3, -0.25) is 9.36 Å². The van der Waals surface area contributed by atoms with E-state index >= 15 is 0 Å². The predicted octanol–water partition coefficient (Wildman–Crippen LogP) is 5.08. The summed E-state index contributed by atoms with van der Waals surface area (Å²) in [6.07, 6.45) is 21.0. The largest absolute Gasteiger partial charge is 0.391 e. The highest BCUT2D eigenvalue weighted by Gasteiger charge is 2.27. The lowest BCUT2D eigenvalue weighted by Crippen LogP contribution is -2.29. The molecule has 2 rings (SSSR count). The summed E-state index contributed by atoms with van der Waals surface area (Å²) in [6.45, 7) is 2.14. The number of hydrogen-bond acceptors (Lipinski definition) is 6. The van der Waals surface area contributed by atoms with Gasteiger partial charge in [-0.2, -0.15) is 4.98 Å². The molecule has 192 valence electrons. The molecule has 2 unspecified atom stereocenters. The van der Waals surface area contributed by atoms with Crippen LogP contribution in [0.25, 0.3) is 0 Å². The zero-order valence-corrected chi connectivity index (χ0v) is 20.8. The summed E-state index contributed by atoms with van der Waals surface area (Å²) in [7, 11) is 0. The van der Waals surface area contributed by atoms with E-state index in [2.05, 4.69) is 29.4 Å². The standard InChI is InChI=1S/C26H43N3O5/c1-2-3-4-5-6-7-8-9-10-11-12-13-14-15-16-17-23(31)27-22-18-19-29(26(32)28-22)24-21-33-25(20-30)34-24/h9-10,18-19,24-25,30H,2-8,11-17,20-21H2,1H3,(H,27,28,31,32). The van der Waals surface area contributed by atoms with Crippen LogP contribution in [0.1, 0.15) is 103 Å². The summed E-state index contributed by atoms with van der Waals surface area (Å²) < 4.78 is 11.9. The zero-order chi connectivity index (χ0) is 24.4. The van der Waals surface area contributed by atoms with Crippen molar-refractivity contribution in [1.29, 1.82) is 0 Å². The van der Waals surface area contributed by atoms with Gasteiger partial charge in [-0.15, -0.1) is 0 Å². The molecule has 1 aliphatic rings. The molecule has 0 saturated carbocycles. The first kappa shape index (κ1) is 28.2. The van der Waals surface area contributed by atoms with E-state index in [1.54, 1.807) is 6.07 Å². The number of aliphatic hydroxyl groups excluding tert-OH is 1. The number of amides is 1. The Morgan fingerprint density at radius 2 is 1.74 bits per heavy atom. The van der Waals surface area contributed by atoms with Gasteiger partial charge in [-0.1, -0.05) is 70.4 Å². The number of aliphatic hydroxyl groups is 1. The van der Waals surface area contributed by atoms with Crippen LogP contribution < -0.4 is 11.0 Å². The number of aromatic nitrogens is 2. The zero-order valence-electron chi connectivity index (χ0n) is 20.8. The van der Waals surface area contributed by atoms with E-state index in [-0.39, 0.29) is 24.9 Å². The maximum Gasteiger partial charge on any atom is 0.351 e. The molecule has 2 N–H and O–H groups in total. The highest BCUT2D eigenvalue weighted by atomic mass is 16.7. The van der Waals surface area contributed by atoms with Gasteiger partial charge in [0.25, 0.3) is 0 Å². The highest BCUT2D eigenvalue weighted by molar-refractivity contribution is 5.89. The smallest absolute Gasteiger partial charge is 0.351 e. The Morgan fingerprint density at radius 3 is 2.35 bits per heavy atom. The highest BCUT2D eigenvalue weighted by Crippen LogP contribution is 2.19. The van der Waals surface area contributed by atoms with Crippen molar-refractivity contribution in [3.8, 4) is 0 Å². The third kappa shape index (κ3) is 11.4. The van der Waals surface area contributed by atoms with E-state index < -0.39 is 18.2 Å². The van der Waals surface area contributed by atoms with Crippen molar-refractivity contribution in [2.24, 2.45) is 0 Å². The minimum absolute atomic E-state index is 0.136. The van der Waals surface area contributed by atoms with Crippen LogP contribution in [0.5, 0.6) is 0 Å². The lowest BCUT2D eigenvalue weighted by Gasteiger charge is -2.12. The Kier molecular flexibility index (Phi) is 14.4. The van der Waals surface area contributed by atoms with Gasteiger partial charge in [0.15, 0.2) is 12.5 Å². The molecule has 0 bridgehead atoms. The summed E-state index contributed by atoms with van der Waals surface area (Å²) in [5.74, 6) is 0.0969. The maximum atomic E-state index is 12.2. The second-order valence-corrected chi connectivity index (χ2v) is 8.92. The van der Waals surface area contributed by atoms with E-state index in [1.165, 1.54) is 68.6 Å². The van der Waals surface area contributed by atoms with E-state index in [4.69, 9.17) is 14.6 Å². The predicted molar refractivity (Wildman–Crippen MR) is 134 cm³/mol. The molecule has 0 radical (unpaired) electrons. The molecule has 1 saturated heterocycles. The lowest BCUT2D eigenvalue weighted by molar-refractivity contribution is -0.116. The molecule has 2 atom stereocenters. The Morgan fingerprint density at radius 1 is 1.09 bits per heavy atom. The van der Waals surface area contributed by atoms with Gasteiger partial charge < -0.3 is 19.9 Å². The maximum absolute atomic E-state index is 12.2. The molecule has 0 aliphatic carbocycles. The molecule has 1 fully saturated rings. The van der Waals surface area contributed by atoms with Crippen molar-refractivity contribution in [2.45, 2.75) is 109 Å². The second-order valence-electron chi connectivity index (χ2n) is 8.92. The Balaban J connectivity index is 1.48. The van der Waals surface area contributed by atoms with Crippen LogP contribution >= 0.6 is 0 Å². The fourth-order valence-electron chi connectivity index (χ4n) is 3.95. The number of ether oxygens (including phenoxy) is 2. The molecule has 1 aliphatic heterocycles. The van der Waals surface area contributed by atoms with Crippen molar-refractivity contribution in [1.82, 2.24) is 9.55 Å². The van der Waals surface area contributed by atoms with Crippen LogP contribution in [0, 0.1) is 0 Å². The third-order valence-electron chi connectivity index (χ3n) is 5.96. The van der Waals surface area contributed by atoms with Crippen LogP contribution in [0.2, 0.25) is 0 Å². The van der Waals surface area contributed by atoms with Gasteiger partial charge in [0.1, 0.15) is 5.82 Å². The van der Waals surface area contributed by atoms with Gasteiger partial charge in [0.05, 0.1) is 13.2 Å². The van der Waals surface area contributed by atoms with E-state index in [0.29, 0.717) is 6.42 Å². The topological polar surface area (TPSA) is 103 Å². The van der Waals surface area contributed by atoms with Crippen molar-refractivity contribution in [3.63, 3.8) is 0 Å². The summed E-state index contributed by atoms with van der Waals surface area (Å²) in [5.41, 5.74) is -0.536. The van der Waals surface area contributed by atoms with Crippen molar-refractivity contribution in [3.05, 3.63) is 34.9 Å². The molecular weight excluding hydrogens is 434 g/mol. The van der Waals surface area contributed by atoms with E-state index in [1.807, 2.05) is 0 Å². The van der Waals surface area contributed by atoms with Crippen molar-refractivity contribution >= 4 is 11.7 Å². The minimum atomic E-state index is -0.734. The monoisotopic (exact) mass is 477 g/mol. The van der Waals surface area contributed by atoms with Gasteiger partial charge in [0, 0.05) is 12.6 Å². The second kappa shape index (κ2) is 17.4. The first-order chi connectivity index (χ1) is 16.6. The first-order valence-corrected chi connectivity index (χ1v) is 13.1. The van der Waals surface area contributed by atoms with Gasteiger partial charge >= 0.3 is 5.69 Å². The molecule has 0 aromatic carbocycles. The number of allylic oxidation sites excluding steroid dienone is 2. The summed E-state index contributed by atoms with van der Waals surface area (Å²) in [5, 5.41) is 11.7. The number of carbonyl (C=O) groups is 1. The van der Waals surface area contributed by atoms with Crippen LogP contribution in [0.3, 0.4) is 0 Å². The minimum Gasteiger partial charge on any atom is -0.391 e. The molecule has 0 spiro atoms. The van der Waals surface area contributed by atoms with Crippen LogP contribution in [-0.2, 0) is 14.3 Å². The van der Waals surface area contributed by atoms with Gasteiger partial charge in [0.2, 0.25) is 5.91 Å². The number of nitrogens with zero attached hydrogens (tertiary/aromatic N) is 2. The van der Waals surface area contributed by atoms with Crippen LogP contribution in [-0.4, -0.2) is 40.1 Å². The number of hydrogen-bond donors (Lipinski definition) is 2. The molecule has 8 heteroatoms. The molecule has 1 amide bonds. The van der Waals surface area contributed by atoms with Crippen LogP contribution in [0.4, 0.5) is 5.82 Å². The molecular formula is C26H43N3O5.